The average Bonchev–Trinajstić information content (AvgIpc) is 2.40. The van der Waals surface area contributed by atoms with Gasteiger partial charge >= 0.3 is 0 Å². The second-order valence-electron chi connectivity index (χ2n) is 2.56. The fourth-order valence-corrected chi connectivity index (χ4v) is 1.84. The summed E-state index contributed by atoms with van der Waals surface area (Å²) in [5.74, 6) is -2.41. The molecule has 2 atom stereocenters. The summed E-state index contributed by atoms with van der Waals surface area (Å²) in [4.78, 5) is 0. The van der Waals surface area contributed by atoms with Crippen LogP contribution in [0.2, 0.25) is 0 Å². The first-order valence-electron chi connectivity index (χ1n) is 3.29. The lowest BCUT2D eigenvalue weighted by atomic mass is 10.5. The highest BCUT2D eigenvalue weighted by Gasteiger charge is 2.56. The zero-order valence-corrected chi connectivity index (χ0v) is 6.59. The molecule has 1 rings (SSSR count). The molecule has 2 unspecified atom stereocenters. The van der Waals surface area contributed by atoms with Crippen LogP contribution in [0.25, 0.3) is 0 Å². The molecule has 0 amide bonds. The van der Waals surface area contributed by atoms with Crippen molar-refractivity contribution in [3.63, 3.8) is 0 Å². The van der Waals surface area contributed by atoms with Crippen molar-refractivity contribution in [2.24, 2.45) is 5.92 Å². The van der Waals surface area contributed by atoms with Crippen LogP contribution in [-0.4, -0.2) is 21.6 Å². The van der Waals surface area contributed by atoms with E-state index in [0.29, 0.717) is 5.75 Å². The van der Waals surface area contributed by atoms with Gasteiger partial charge in [-0.1, -0.05) is 6.92 Å². The van der Waals surface area contributed by atoms with E-state index in [1.54, 1.807) is 6.92 Å². The van der Waals surface area contributed by atoms with E-state index in [1.807, 2.05) is 0 Å². The van der Waals surface area contributed by atoms with E-state index >= 15 is 0 Å². The van der Waals surface area contributed by atoms with Crippen molar-refractivity contribution in [2.45, 2.75) is 19.3 Å². The molecule has 0 aromatic carbocycles. The van der Waals surface area contributed by atoms with Gasteiger partial charge in [-0.3, -0.25) is 4.21 Å². The minimum Gasteiger partial charge on any atom is -0.260 e. The van der Waals surface area contributed by atoms with Gasteiger partial charge in [0.15, 0.2) is 0 Å². The third-order valence-electron chi connectivity index (χ3n) is 1.66. The van der Waals surface area contributed by atoms with Gasteiger partial charge < -0.3 is 0 Å². The summed E-state index contributed by atoms with van der Waals surface area (Å²) < 4.78 is 35.0. The number of alkyl halides is 2. The van der Waals surface area contributed by atoms with Gasteiger partial charge in [0.1, 0.15) is 0 Å². The molecule has 10 heavy (non-hydrogen) atoms. The summed E-state index contributed by atoms with van der Waals surface area (Å²) in [5, 5.41) is 0. The minimum absolute atomic E-state index is 0.0568. The van der Waals surface area contributed by atoms with Crippen LogP contribution in [0.4, 0.5) is 8.78 Å². The Hall–Kier alpha value is 0.01000. The molecule has 0 saturated heterocycles. The molecule has 0 aliphatic heterocycles. The average molecular weight is 168 g/mol. The largest absolute Gasteiger partial charge is 0.260 e. The van der Waals surface area contributed by atoms with Crippen molar-refractivity contribution >= 4 is 10.8 Å². The number of hydrogen-bond donors (Lipinski definition) is 0. The molecule has 1 aliphatic carbocycles. The summed E-state index contributed by atoms with van der Waals surface area (Å²) in [6.45, 7) is 1.75. The van der Waals surface area contributed by atoms with Crippen LogP contribution < -0.4 is 0 Å². The van der Waals surface area contributed by atoms with Gasteiger partial charge in [0, 0.05) is 34.6 Å². The quantitative estimate of drug-likeness (QED) is 0.622. The van der Waals surface area contributed by atoms with Gasteiger partial charge in [0.2, 0.25) is 0 Å². The van der Waals surface area contributed by atoms with Crippen molar-refractivity contribution in [1.82, 2.24) is 0 Å². The Morgan fingerprint density at radius 1 is 1.70 bits per heavy atom. The molecule has 0 N–H and O–H groups in total. The van der Waals surface area contributed by atoms with Gasteiger partial charge in [-0.2, -0.15) is 0 Å². The second kappa shape index (κ2) is 2.57. The lowest BCUT2D eigenvalue weighted by Gasteiger charge is -1.95. The van der Waals surface area contributed by atoms with Crippen LogP contribution in [0.3, 0.4) is 0 Å². The van der Waals surface area contributed by atoms with Crippen molar-refractivity contribution in [1.29, 1.82) is 0 Å². The Bertz CT molecular complexity index is 158. The summed E-state index contributed by atoms with van der Waals surface area (Å²) in [7, 11) is -1.02. The van der Waals surface area contributed by atoms with Crippen molar-refractivity contribution in [3.8, 4) is 0 Å². The number of rotatable bonds is 3. The normalized spacial score (nSPS) is 31.7. The van der Waals surface area contributed by atoms with Crippen molar-refractivity contribution in [3.05, 3.63) is 0 Å². The van der Waals surface area contributed by atoms with E-state index in [0.717, 1.165) is 0 Å². The Balaban J connectivity index is 2.24. The van der Waals surface area contributed by atoms with Crippen LogP contribution in [0.5, 0.6) is 0 Å². The first kappa shape index (κ1) is 8.11. The molecule has 0 aromatic heterocycles. The Morgan fingerprint density at radius 3 is 2.50 bits per heavy atom. The van der Waals surface area contributed by atoms with Crippen molar-refractivity contribution in [2.75, 3.05) is 11.5 Å². The standard InChI is InChI=1S/C6H10F2OS/c1-2-10(9)4-5-3-6(5,7)8/h5H,2-4H2,1H3. The van der Waals surface area contributed by atoms with E-state index in [1.165, 1.54) is 0 Å². The van der Waals surface area contributed by atoms with Crippen LogP contribution in [-0.2, 0) is 10.8 Å². The fraction of sp³-hybridized carbons (Fsp3) is 1.00. The molecule has 0 bridgehead atoms. The third kappa shape index (κ3) is 1.75. The first-order valence-corrected chi connectivity index (χ1v) is 4.78. The molecule has 0 radical (unpaired) electrons. The molecule has 1 nitrogen and oxygen atoms in total. The first-order chi connectivity index (χ1) is 4.56. The summed E-state index contributed by atoms with van der Waals surface area (Å²) >= 11 is 0. The van der Waals surface area contributed by atoms with Crippen LogP contribution >= 0.6 is 0 Å². The monoisotopic (exact) mass is 168 g/mol. The van der Waals surface area contributed by atoms with Gasteiger partial charge in [-0.15, -0.1) is 0 Å². The van der Waals surface area contributed by atoms with E-state index in [2.05, 4.69) is 0 Å². The topological polar surface area (TPSA) is 17.1 Å². The molecule has 60 valence electrons. The predicted octanol–water partition coefficient (Wildman–Crippen LogP) is 1.41. The maximum absolute atomic E-state index is 12.2. The van der Waals surface area contributed by atoms with Crippen LogP contribution in [0.1, 0.15) is 13.3 Å². The Labute approximate surface area is 61.3 Å². The maximum Gasteiger partial charge on any atom is 0.252 e. The number of halogens is 2. The zero-order valence-electron chi connectivity index (χ0n) is 5.77. The summed E-state index contributed by atoms with van der Waals surface area (Å²) in [5.41, 5.74) is 0. The summed E-state index contributed by atoms with van der Waals surface area (Å²) in [6, 6.07) is 0. The molecule has 0 spiro atoms. The Morgan fingerprint density at radius 2 is 2.20 bits per heavy atom. The molecule has 0 aromatic rings. The smallest absolute Gasteiger partial charge is 0.252 e. The van der Waals surface area contributed by atoms with Gasteiger partial charge in [-0.25, -0.2) is 8.78 Å². The third-order valence-corrected chi connectivity index (χ3v) is 3.08. The molecular formula is C6H10F2OS. The van der Waals surface area contributed by atoms with Gasteiger partial charge in [-0.05, 0) is 0 Å². The highest BCUT2D eigenvalue weighted by Crippen LogP contribution is 2.48. The lowest BCUT2D eigenvalue weighted by Crippen LogP contribution is -2.06. The Kier molecular flexibility index (Phi) is 2.08. The number of hydrogen-bond acceptors (Lipinski definition) is 1. The zero-order chi connectivity index (χ0) is 7.78. The highest BCUT2D eigenvalue weighted by atomic mass is 32.2. The predicted molar refractivity (Wildman–Crippen MR) is 36.6 cm³/mol. The van der Waals surface area contributed by atoms with E-state index in [9.17, 15) is 13.0 Å². The van der Waals surface area contributed by atoms with Crippen LogP contribution in [0.15, 0.2) is 0 Å². The summed E-state index contributed by atoms with van der Waals surface area (Å²) in [6.07, 6.45) is -0.0568. The SMILES string of the molecule is CCS(=O)CC1CC1(F)F. The second-order valence-corrected chi connectivity index (χ2v) is 4.35. The van der Waals surface area contributed by atoms with E-state index < -0.39 is 22.6 Å². The molecule has 0 heterocycles. The minimum atomic E-state index is -2.50. The molecular weight excluding hydrogens is 158 g/mol. The lowest BCUT2D eigenvalue weighted by molar-refractivity contribution is 0.103. The highest BCUT2D eigenvalue weighted by molar-refractivity contribution is 7.84. The van der Waals surface area contributed by atoms with E-state index in [4.69, 9.17) is 0 Å². The fourth-order valence-electron chi connectivity index (χ4n) is 0.793. The maximum atomic E-state index is 12.2. The van der Waals surface area contributed by atoms with E-state index in [-0.39, 0.29) is 12.2 Å². The van der Waals surface area contributed by atoms with Crippen molar-refractivity contribution < 1.29 is 13.0 Å². The molecule has 4 heteroatoms. The molecule has 1 fully saturated rings. The van der Waals surface area contributed by atoms with Gasteiger partial charge in [0.25, 0.3) is 5.92 Å². The molecule has 1 aliphatic rings. The van der Waals surface area contributed by atoms with Gasteiger partial charge in [0.05, 0.1) is 0 Å². The molecule has 1 saturated carbocycles. The van der Waals surface area contributed by atoms with Crippen LogP contribution in [0, 0.1) is 5.92 Å².